The van der Waals surface area contributed by atoms with Gasteiger partial charge in [-0.25, -0.2) is 4.79 Å². The summed E-state index contributed by atoms with van der Waals surface area (Å²) in [4.78, 5) is 30.1. The molecule has 1 aromatic carbocycles. The number of imidazole rings is 1. The third kappa shape index (κ3) is 4.71. The first-order chi connectivity index (χ1) is 14.2. The molecule has 0 aliphatic heterocycles. The predicted molar refractivity (Wildman–Crippen MR) is 122 cm³/mol. The predicted octanol–water partition coefficient (Wildman–Crippen LogP) is 3.69. The van der Waals surface area contributed by atoms with Gasteiger partial charge in [0.25, 0.3) is 5.56 Å². The average molecular weight is 454 g/mol. The molecule has 0 saturated heterocycles. The number of fused-ring (bicyclic) bond motifs is 1. The average Bonchev–Trinajstić information content (AvgIpc) is 3.04. The molecule has 162 valence electrons. The van der Waals surface area contributed by atoms with E-state index in [1.54, 1.807) is 36.9 Å². The van der Waals surface area contributed by atoms with Gasteiger partial charge in [0, 0.05) is 27.1 Å². The Morgan fingerprint density at radius 1 is 1.17 bits per heavy atom. The lowest BCUT2D eigenvalue weighted by molar-refractivity contribution is 0.395. The van der Waals surface area contributed by atoms with E-state index in [4.69, 9.17) is 23.2 Å². The van der Waals surface area contributed by atoms with Crippen LogP contribution in [0.2, 0.25) is 10.0 Å². The number of aliphatic hydroxyl groups excluding tert-OH is 1. The molecule has 2 aromatic heterocycles. The highest BCUT2D eigenvalue weighted by molar-refractivity contribution is 6.42. The largest absolute Gasteiger partial charge is 0.513 e. The van der Waals surface area contributed by atoms with Crippen molar-refractivity contribution in [3.63, 3.8) is 0 Å². The first kappa shape index (κ1) is 23.6. The molecule has 0 radical (unpaired) electrons. The van der Waals surface area contributed by atoms with Crippen molar-refractivity contribution in [2.75, 3.05) is 11.9 Å². The van der Waals surface area contributed by atoms with Gasteiger partial charge < -0.3 is 15.0 Å². The summed E-state index contributed by atoms with van der Waals surface area (Å²) in [6.45, 7) is 7.87. The maximum Gasteiger partial charge on any atom is 0.332 e. The molecule has 0 spiro atoms. The smallest absolute Gasteiger partial charge is 0.332 e. The van der Waals surface area contributed by atoms with Gasteiger partial charge in [0.15, 0.2) is 11.2 Å². The van der Waals surface area contributed by atoms with E-state index in [0.717, 1.165) is 4.57 Å². The van der Waals surface area contributed by atoms with Crippen molar-refractivity contribution in [1.29, 1.82) is 0 Å². The van der Waals surface area contributed by atoms with Crippen LogP contribution in [0.15, 0.2) is 40.1 Å². The van der Waals surface area contributed by atoms with E-state index in [0.29, 0.717) is 34.5 Å². The van der Waals surface area contributed by atoms with E-state index in [2.05, 4.69) is 16.9 Å². The van der Waals surface area contributed by atoms with Crippen LogP contribution in [0.5, 0.6) is 0 Å². The Morgan fingerprint density at radius 2 is 1.83 bits per heavy atom. The fourth-order valence-corrected chi connectivity index (χ4v) is 3.20. The topological polar surface area (TPSA) is 94.1 Å². The fraction of sp³-hybridized carbons (Fsp3) is 0.350. The second kappa shape index (κ2) is 9.86. The molecule has 3 aromatic rings. The minimum Gasteiger partial charge on any atom is -0.513 e. The van der Waals surface area contributed by atoms with Gasteiger partial charge in [-0.2, -0.15) is 4.98 Å². The third-order valence-corrected chi connectivity index (χ3v) is 5.12. The maximum atomic E-state index is 13.0. The number of aliphatic hydroxyl groups is 1. The second-order valence-electron chi connectivity index (χ2n) is 6.39. The lowest BCUT2D eigenvalue weighted by Gasteiger charge is -2.09. The van der Waals surface area contributed by atoms with E-state index in [1.807, 2.05) is 13.8 Å². The van der Waals surface area contributed by atoms with E-state index in [9.17, 15) is 14.7 Å². The second-order valence-corrected chi connectivity index (χ2v) is 7.21. The number of aromatic nitrogens is 4. The first-order valence-corrected chi connectivity index (χ1v) is 10.2. The van der Waals surface area contributed by atoms with Crippen LogP contribution >= 0.6 is 23.2 Å². The van der Waals surface area contributed by atoms with Gasteiger partial charge in [-0.3, -0.25) is 13.9 Å². The summed E-state index contributed by atoms with van der Waals surface area (Å²) in [6, 6.07) is 4.95. The minimum absolute atomic E-state index is 0.0441. The monoisotopic (exact) mass is 453 g/mol. The molecule has 3 rings (SSSR count). The zero-order chi connectivity index (χ0) is 22.6. The van der Waals surface area contributed by atoms with E-state index < -0.39 is 11.2 Å². The fourth-order valence-electron chi connectivity index (χ4n) is 2.88. The van der Waals surface area contributed by atoms with Crippen LogP contribution in [0.25, 0.3) is 11.2 Å². The molecule has 0 unspecified atom stereocenters. The van der Waals surface area contributed by atoms with E-state index >= 15 is 0 Å². The molecule has 10 heteroatoms. The van der Waals surface area contributed by atoms with Crippen LogP contribution in [0.4, 0.5) is 5.95 Å². The molecule has 30 heavy (non-hydrogen) atoms. The molecular weight excluding hydrogens is 429 g/mol. The van der Waals surface area contributed by atoms with Gasteiger partial charge in [-0.1, -0.05) is 49.7 Å². The van der Waals surface area contributed by atoms with Gasteiger partial charge in [0.05, 0.1) is 22.3 Å². The number of hydrogen-bond acceptors (Lipinski definition) is 5. The number of anilines is 1. The molecule has 0 bridgehead atoms. The number of aryl methyl sites for hydroxylation is 2. The molecular formula is C20H25Cl2N5O3. The number of benzene rings is 1. The van der Waals surface area contributed by atoms with Gasteiger partial charge in [-0.15, -0.1) is 0 Å². The minimum atomic E-state index is -0.489. The molecule has 0 fully saturated rings. The molecule has 0 atom stereocenters. The van der Waals surface area contributed by atoms with Crippen LogP contribution in [0.3, 0.4) is 0 Å². The van der Waals surface area contributed by atoms with E-state index in [-0.39, 0.29) is 23.5 Å². The van der Waals surface area contributed by atoms with Gasteiger partial charge in [0.2, 0.25) is 5.95 Å². The molecule has 2 N–H and O–H groups in total. The van der Waals surface area contributed by atoms with Crippen LogP contribution in [0, 0.1) is 0 Å². The zero-order valence-electron chi connectivity index (χ0n) is 17.4. The maximum absolute atomic E-state index is 13.0. The number of halogens is 2. The zero-order valence-corrected chi connectivity index (χ0v) is 18.9. The Balaban J connectivity index is 0.00000155. The number of nitrogens with one attached hydrogen (secondary N) is 1. The van der Waals surface area contributed by atoms with Gasteiger partial charge in [-0.05, 0) is 17.7 Å². The Hall–Kier alpha value is -2.71. The van der Waals surface area contributed by atoms with Crippen molar-refractivity contribution in [1.82, 2.24) is 18.7 Å². The molecule has 2 heterocycles. The van der Waals surface area contributed by atoms with Crippen molar-refractivity contribution >= 4 is 40.3 Å². The summed E-state index contributed by atoms with van der Waals surface area (Å²) in [5, 5.41) is 13.0. The van der Waals surface area contributed by atoms with Crippen molar-refractivity contribution in [2.45, 2.75) is 26.8 Å². The Labute approximate surface area is 184 Å². The molecule has 0 amide bonds. The first-order valence-electron chi connectivity index (χ1n) is 9.41. The summed E-state index contributed by atoms with van der Waals surface area (Å²) < 4.78 is 4.04. The van der Waals surface area contributed by atoms with E-state index in [1.165, 1.54) is 4.57 Å². The quantitative estimate of drug-likeness (QED) is 0.554. The van der Waals surface area contributed by atoms with Crippen LogP contribution in [-0.4, -0.2) is 30.3 Å². The van der Waals surface area contributed by atoms with Gasteiger partial charge >= 0.3 is 5.69 Å². The van der Waals surface area contributed by atoms with Crippen molar-refractivity contribution in [2.24, 2.45) is 14.1 Å². The van der Waals surface area contributed by atoms with Crippen LogP contribution in [-0.2, 0) is 20.6 Å². The molecule has 0 aliphatic carbocycles. The summed E-state index contributed by atoms with van der Waals surface area (Å²) in [7, 11) is 3.24. The lowest BCUT2D eigenvalue weighted by Crippen LogP contribution is -2.39. The third-order valence-electron chi connectivity index (χ3n) is 4.38. The normalized spacial score (nSPS) is 10.6. The highest BCUT2D eigenvalue weighted by atomic mass is 35.5. The lowest BCUT2D eigenvalue weighted by atomic mass is 10.2. The van der Waals surface area contributed by atoms with Crippen molar-refractivity contribution < 1.29 is 5.11 Å². The number of nitrogens with zero attached hydrogens (tertiary/aromatic N) is 4. The highest BCUT2D eigenvalue weighted by Gasteiger charge is 2.18. The molecule has 8 nitrogen and oxygen atoms in total. The summed E-state index contributed by atoms with van der Waals surface area (Å²) >= 11 is 12.0. The summed E-state index contributed by atoms with van der Waals surface area (Å²) in [5.74, 6) is 0.457. The van der Waals surface area contributed by atoms with Crippen LogP contribution < -0.4 is 16.6 Å². The number of rotatable bonds is 6. The Kier molecular flexibility index (Phi) is 7.75. The van der Waals surface area contributed by atoms with Gasteiger partial charge in [0.1, 0.15) is 0 Å². The van der Waals surface area contributed by atoms with Crippen molar-refractivity contribution in [3.8, 4) is 0 Å². The molecule has 0 aliphatic rings. The molecule has 0 saturated carbocycles. The Bertz CT molecular complexity index is 1190. The summed E-state index contributed by atoms with van der Waals surface area (Å²) in [5.41, 5.74) is 0.284. The Morgan fingerprint density at radius 3 is 2.43 bits per heavy atom. The van der Waals surface area contributed by atoms with Crippen LogP contribution in [0.1, 0.15) is 25.8 Å². The standard InChI is InChI=1S/C18H19Cl2N5O3.C2H6/c1-10(26)6-7-21-17-22-15-14(23(17)2)16(27)25(18(28)24(15)3)9-11-4-5-12(19)13(20)8-11;1-2/h4-5,8,26H,1,6-7,9H2,2-3H3,(H,21,22);1-2H3. The SMILES string of the molecule is C=C(O)CCNc1nc2c(c(=O)n(Cc3ccc(Cl)c(Cl)c3)c(=O)n2C)n1C.CC. The summed E-state index contributed by atoms with van der Waals surface area (Å²) in [6.07, 6.45) is 0.337. The van der Waals surface area contributed by atoms with Crippen molar-refractivity contribution in [3.05, 3.63) is 67.0 Å². The highest BCUT2D eigenvalue weighted by Crippen LogP contribution is 2.23. The number of hydrogen-bond donors (Lipinski definition) is 2.